The SMILES string of the molecule is COC(=O)C(C)(COCCC1CCC1)NC1CC1. The van der Waals surface area contributed by atoms with E-state index in [0.717, 1.165) is 31.8 Å². The van der Waals surface area contributed by atoms with Gasteiger partial charge in [0, 0.05) is 12.6 Å². The molecule has 0 aliphatic heterocycles. The summed E-state index contributed by atoms with van der Waals surface area (Å²) in [7, 11) is 1.43. The lowest BCUT2D eigenvalue weighted by atomic mass is 9.83. The van der Waals surface area contributed by atoms with Crippen LogP contribution < -0.4 is 5.32 Å². The van der Waals surface area contributed by atoms with E-state index in [4.69, 9.17) is 9.47 Å². The molecule has 1 N–H and O–H groups in total. The first-order chi connectivity index (χ1) is 8.64. The normalized spacial score (nSPS) is 23.2. The third-order valence-electron chi connectivity index (χ3n) is 4.02. The predicted octanol–water partition coefficient (Wildman–Crippen LogP) is 1.88. The molecule has 0 aromatic rings. The topological polar surface area (TPSA) is 47.6 Å². The van der Waals surface area contributed by atoms with E-state index in [1.54, 1.807) is 0 Å². The highest BCUT2D eigenvalue weighted by atomic mass is 16.5. The van der Waals surface area contributed by atoms with Gasteiger partial charge in [-0.3, -0.25) is 5.32 Å². The highest BCUT2D eigenvalue weighted by Gasteiger charge is 2.39. The molecule has 0 saturated heterocycles. The molecule has 4 heteroatoms. The van der Waals surface area contributed by atoms with E-state index in [0.29, 0.717) is 12.6 Å². The molecule has 104 valence electrons. The monoisotopic (exact) mass is 255 g/mol. The van der Waals surface area contributed by atoms with Gasteiger partial charge in [-0.25, -0.2) is 4.79 Å². The van der Waals surface area contributed by atoms with Gasteiger partial charge in [-0.05, 0) is 32.1 Å². The second-order valence-corrected chi connectivity index (χ2v) is 5.88. The van der Waals surface area contributed by atoms with Crippen LogP contribution in [0.1, 0.15) is 45.4 Å². The lowest BCUT2D eigenvalue weighted by molar-refractivity contribution is -0.150. The van der Waals surface area contributed by atoms with Gasteiger partial charge in [0.15, 0.2) is 0 Å². The van der Waals surface area contributed by atoms with Crippen molar-refractivity contribution in [2.24, 2.45) is 5.92 Å². The second-order valence-electron chi connectivity index (χ2n) is 5.88. The number of nitrogens with one attached hydrogen (secondary N) is 1. The minimum absolute atomic E-state index is 0.224. The van der Waals surface area contributed by atoms with E-state index in [1.165, 1.54) is 26.4 Å². The summed E-state index contributed by atoms with van der Waals surface area (Å²) in [4.78, 5) is 11.8. The molecule has 0 radical (unpaired) electrons. The maximum atomic E-state index is 11.8. The van der Waals surface area contributed by atoms with E-state index >= 15 is 0 Å². The molecule has 2 aliphatic rings. The molecular formula is C14H25NO3. The van der Waals surface area contributed by atoms with Gasteiger partial charge in [-0.2, -0.15) is 0 Å². The highest BCUT2D eigenvalue weighted by Crippen LogP contribution is 2.29. The van der Waals surface area contributed by atoms with Crippen LogP contribution in [0, 0.1) is 5.92 Å². The smallest absolute Gasteiger partial charge is 0.328 e. The van der Waals surface area contributed by atoms with Gasteiger partial charge in [-0.15, -0.1) is 0 Å². The zero-order chi connectivity index (χ0) is 13.0. The van der Waals surface area contributed by atoms with E-state index in [2.05, 4.69) is 5.32 Å². The fourth-order valence-corrected chi connectivity index (χ4v) is 2.37. The highest BCUT2D eigenvalue weighted by molar-refractivity contribution is 5.80. The van der Waals surface area contributed by atoms with Crippen LogP contribution in [0.2, 0.25) is 0 Å². The molecule has 0 bridgehead atoms. The number of hydrogen-bond acceptors (Lipinski definition) is 4. The van der Waals surface area contributed by atoms with Crippen LogP contribution in [-0.4, -0.2) is 37.9 Å². The van der Waals surface area contributed by atoms with Gasteiger partial charge in [0.25, 0.3) is 0 Å². The average molecular weight is 255 g/mol. The van der Waals surface area contributed by atoms with Crippen LogP contribution in [0.15, 0.2) is 0 Å². The van der Waals surface area contributed by atoms with Crippen molar-refractivity contribution in [1.82, 2.24) is 5.32 Å². The Kier molecular flexibility index (Phi) is 4.62. The summed E-state index contributed by atoms with van der Waals surface area (Å²) in [5.41, 5.74) is -0.685. The van der Waals surface area contributed by atoms with Gasteiger partial charge in [0.1, 0.15) is 5.54 Å². The van der Waals surface area contributed by atoms with Gasteiger partial charge in [-0.1, -0.05) is 19.3 Å². The Morgan fingerprint density at radius 3 is 2.56 bits per heavy atom. The number of methoxy groups -OCH3 is 1. The van der Waals surface area contributed by atoms with Crippen molar-refractivity contribution in [3.8, 4) is 0 Å². The van der Waals surface area contributed by atoms with Crippen molar-refractivity contribution in [1.29, 1.82) is 0 Å². The van der Waals surface area contributed by atoms with Gasteiger partial charge < -0.3 is 9.47 Å². The van der Waals surface area contributed by atoms with Crippen molar-refractivity contribution in [2.75, 3.05) is 20.3 Å². The van der Waals surface area contributed by atoms with Gasteiger partial charge >= 0.3 is 5.97 Å². The summed E-state index contributed by atoms with van der Waals surface area (Å²) in [6, 6.07) is 0.462. The van der Waals surface area contributed by atoms with Crippen molar-refractivity contribution in [2.45, 2.75) is 57.0 Å². The van der Waals surface area contributed by atoms with Crippen LogP contribution in [0.4, 0.5) is 0 Å². The zero-order valence-corrected chi connectivity index (χ0v) is 11.5. The zero-order valence-electron chi connectivity index (χ0n) is 11.5. The Morgan fingerprint density at radius 1 is 1.33 bits per heavy atom. The molecule has 2 rings (SSSR count). The molecule has 0 amide bonds. The molecule has 1 unspecified atom stereocenters. The number of esters is 1. The molecule has 0 heterocycles. The van der Waals surface area contributed by atoms with E-state index in [1.807, 2.05) is 6.92 Å². The maximum Gasteiger partial charge on any atom is 0.328 e. The molecule has 4 nitrogen and oxygen atoms in total. The number of carbonyl (C=O) groups excluding carboxylic acids is 1. The van der Waals surface area contributed by atoms with Crippen molar-refractivity contribution >= 4 is 5.97 Å². The molecule has 2 fully saturated rings. The number of carbonyl (C=O) groups is 1. The largest absolute Gasteiger partial charge is 0.468 e. The van der Waals surface area contributed by atoms with E-state index in [9.17, 15) is 4.79 Å². The first-order valence-corrected chi connectivity index (χ1v) is 7.08. The first-order valence-electron chi connectivity index (χ1n) is 7.08. The van der Waals surface area contributed by atoms with Crippen LogP contribution >= 0.6 is 0 Å². The minimum Gasteiger partial charge on any atom is -0.468 e. The Balaban J connectivity index is 1.71. The summed E-state index contributed by atoms with van der Waals surface area (Å²) >= 11 is 0. The molecule has 0 aromatic heterocycles. The lowest BCUT2D eigenvalue weighted by Crippen LogP contribution is -2.54. The van der Waals surface area contributed by atoms with Crippen molar-refractivity contribution in [3.05, 3.63) is 0 Å². The standard InChI is InChI=1S/C14H25NO3/c1-14(13(16)17-2,15-12-6-7-12)10-18-9-8-11-4-3-5-11/h11-12,15H,3-10H2,1-2H3. The van der Waals surface area contributed by atoms with Crippen molar-refractivity contribution < 1.29 is 14.3 Å². The van der Waals surface area contributed by atoms with Gasteiger partial charge in [0.05, 0.1) is 13.7 Å². The maximum absolute atomic E-state index is 11.8. The average Bonchev–Trinajstić information content (AvgIpc) is 3.09. The summed E-state index contributed by atoms with van der Waals surface area (Å²) in [6.07, 6.45) is 7.48. The molecule has 1 atom stereocenters. The number of hydrogen-bond donors (Lipinski definition) is 1. The molecule has 18 heavy (non-hydrogen) atoms. The first kappa shape index (κ1) is 13.8. The second kappa shape index (κ2) is 6.02. The predicted molar refractivity (Wildman–Crippen MR) is 69.4 cm³/mol. The summed E-state index contributed by atoms with van der Waals surface area (Å²) in [5, 5.41) is 3.33. The van der Waals surface area contributed by atoms with Crippen LogP contribution in [0.3, 0.4) is 0 Å². The third-order valence-corrected chi connectivity index (χ3v) is 4.02. The van der Waals surface area contributed by atoms with Crippen molar-refractivity contribution in [3.63, 3.8) is 0 Å². The lowest BCUT2D eigenvalue weighted by Gasteiger charge is -2.29. The Bertz CT molecular complexity index is 287. The minimum atomic E-state index is -0.685. The molecule has 2 saturated carbocycles. The summed E-state index contributed by atoms with van der Waals surface area (Å²) in [5.74, 6) is 0.629. The number of ether oxygens (including phenoxy) is 2. The van der Waals surface area contributed by atoms with Crippen LogP contribution in [0.25, 0.3) is 0 Å². The molecule has 0 aromatic carbocycles. The Hall–Kier alpha value is -0.610. The Morgan fingerprint density at radius 2 is 2.06 bits per heavy atom. The number of rotatable bonds is 8. The van der Waals surface area contributed by atoms with Crippen LogP contribution in [0.5, 0.6) is 0 Å². The summed E-state index contributed by atoms with van der Waals surface area (Å²) in [6.45, 7) is 3.03. The summed E-state index contributed by atoms with van der Waals surface area (Å²) < 4.78 is 10.6. The quantitative estimate of drug-likeness (QED) is 0.531. The molecular weight excluding hydrogens is 230 g/mol. The van der Waals surface area contributed by atoms with E-state index in [-0.39, 0.29) is 5.97 Å². The fraction of sp³-hybridized carbons (Fsp3) is 0.929. The fourth-order valence-electron chi connectivity index (χ4n) is 2.37. The van der Waals surface area contributed by atoms with E-state index < -0.39 is 5.54 Å². The Labute approximate surface area is 109 Å². The van der Waals surface area contributed by atoms with Gasteiger partial charge in [0.2, 0.25) is 0 Å². The molecule has 0 spiro atoms. The molecule has 2 aliphatic carbocycles. The third kappa shape index (κ3) is 3.69. The van der Waals surface area contributed by atoms with Crippen LogP contribution in [-0.2, 0) is 14.3 Å².